The van der Waals surface area contributed by atoms with Crippen LogP contribution >= 0.6 is 22.9 Å². The van der Waals surface area contributed by atoms with E-state index in [0.29, 0.717) is 30.2 Å². The number of piperidine rings is 1. The summed E-state index contributed by atoms with van der Waals surface area (Å²) >= 11 is 8.09. The van der Waals surface area contributed by atoms with E-state index in [4.69, 9.17) is 16.3 Å². The molecule has 0 saturated carbocycles. The highest BCUT2D eigenvalue weighted by atomic mass is 35.5. The Hall–Kier alpha value is -6.15. The van der Waals surface area contributed by atoms with E-state index in [1.807, 2.05) is 102 Å². The summed E-state index contributed by atoms with van der Waals surface area (Å²) in [5.41, 5.74) is 7.05. The van der Waals surface area contributed by atoms with Gasteiger partial charge >= 0.3 is 0 Å². The summed E-state index contributed by atoms with van der Waals surface area (Å²) in [7, 11) is -3.61. The fourth-order valence-electron chi connectivity index (χ4n) is 9.67. The first-order valence-corrected chi connectivity index (χ1v) is 28.8. The van der Waals surface area contributed by atoms with Crippen LogP contribution in [0.1, 0.15) is 128 Å². The van der Waals surface area contributed by atoms with E-state index in [2.05, 4.69) is 36.2 Å². The highest BCUT2D eigenvalue weighted by Gasteiger charge is 2.45. The summed E-state index contributed by atoms with van der Waals surface area (Å²) in [6.45, 7) is 19.6. The Balaban J connectivity index is 0.917. The molecular weight excluding hydrogens is 1030 g/mol. The Bertz CT molecular complexity index is 3010. The number of ether oxygens (including phenoxy) is 1. The number of halogens is 1. The largest absolute Gasteiger partial charge is 0.489 e. The number of sulfone groups is 1. The zero-order valence-corrected chi connectivity index (χ0v) is 47.5. The van der Waals surface area contributed by atoms with Crippen molar-refractivity contribution in [2.24, 2.45) is 5.41 Å². The lowest BCUT2D eigenvalue weighted by Crippen LogP contribution is -2.57. The fourth-order valence-corrected chi connectivity index (χ4v) is 11.8. The third kappa shape index (κ3) is 13.9. The molecule has 2 fully saturated rings. The number of β-amino-alcohol motifs (C(OH)–C–C–N with tert-alkyl or cyclic N) is 1. The number of aromatic nitrogens is 3. The van der Waals surface area contributed by atoms with E-state index >= 15 is 0 Å². The molecule has 3 aromatic carbocycles. The van der Waals surface area contributed by atoms with Crippen molar-refractivity contribution in [3.05, 3.63) is 99.8 Å². The summed E-state index contributed by atoms with van der Waals surface area (Å²) in [5, 5.41) is 22.6. The predicted octanol–water partition coefficient (Wildman–Crippen LogP) is 9.57. The molecule has 2 saturated heterocycles. The van der Waals surface area contributed by atoms with Gasteiger partial charge in [-0.1, -0.05) is 68.8 Å². The van der Waals surface area contributed by atoms with Gasteiger partial charge in [-0.05, 0) is 126 Å². The van der Waals surface area contributed by atoms with E-state index in [9.17, 15) is 32.7 Å². The molecule has 408 valence electrons. The van der Waals surface area contributed by atoms with Gasteiger partial charge in [-0.15, -0.1) is 11.3 Å². The molecule has 76 heavy (non-hydrogen) atoms. The minimum absolute atomic E-state index is 0.0289. The second kappa shape index (κ2) is 24.5. The topological polar surface area (TPSA) is 225 Å². The number of amides is 4. The van der Waals surface area contributed by atoms with Crippen molar-refractivity contribution in [1.82, 2.24) is 35.4 Å². The average Bonchev–Trinajstić information content (AvgIpc) is 3.99. The number of anilines is 4. The molecule has 20 heteroatoms. The zero-order chi connectivity index (χ0) is 55.2. The van der Waals surface area contributed by atoms with Crippen LogP contribution in [0.3, 0.4) is 0 Å². The lowest BCUT2D eigenvalue weighted by molar-refractivity contribution is -0.144. The van der Waals surface area contributed by atoms with Crippen LogP contribution in [0.2, 0.25) is 5.02 Å². The quantitative estimate of drug-likeness (QED) is 0.0520. The van der Waals surface area contributed by atoms with E-state index in [1.165, 1.54) is 11.1 Å². The fraction of sp³-hybridized carbons (Fsp3) is 0.482. The van der Waals surface area contributed by atoms with Crippen molar-refractivity contribution in [3.8, 4) is 16.2 Å². The standard InChI is InChI=1S/C56H72ClN9O8S2/c1-32(2)74-46-28-41(34(5)26-44(46)62-55-58-29-42(57)52(64-55)61-43-14-11-12-15-47(43)76(72,73)33(3)4)38-22-24-65(25-23-38)49(69)17-13-16-48(68)63-51(56(8,9)10)54(71)66-30-40(67)27-45(66)53(70)60-35(6)37-18-20-39(21-19-37)50-36(7)59-31-75-50/h11-12,14-15,18-21,26,28-29,31-33,35,38,40,45,51,67H,13,16-17,22-25,27,30H2,1-10H3,(H,60,70)(H,63,68)(H2,58,61,62,64). The summed E-state index contributed by atoms with van der Waals surface area (Å²) in [6, 6.07) is 16.3. The summed E-state index contributed by atoms with van der Waals surface area (Å²) in [6.07, 6.45) is 2.39. The molecule has 2 aliphatic rings. The van der Waals surface area contributed by atoms with E-state index < -0.39 is 44.6 Å². The number of rotatable bonds is 19. The van der Waals surface area contributed by atoms with Gasteiger partial charge in [0.2, 0.25) is 29.6 Å². The third-order valence-electron chi connectivity index (χ3n) is 13.9. The Morgan fingerprint density at radius 1 is 0.908 bits per heavy atom. The number of carbonyl (C=O) groups is 4. The van der Waals surface area contributed by atoms with Crippen molar-refractivity contribution < 1.29 is 37.4 Å². The van der Waals surface area contributed by atoms with Crippen LogP contribution in [-0.2, 0) is 29.0 Å². The maximum absolute atomic E-state index is 14.3. The zero-order valence-electron chi connectivity index (χ0n) is 45.1. The Kier molecular flexibility index (Phi) is 18.5. The summed E-state index contributed by atoms with van der Waals surface area (Å²) in [5.74, 6) is -0.0670. The molecule has 0 radical (unpaired) electrons. The molecule has 17 nitrogen and oxygen atoms in total. The first kappa shape index (κ1) is 57.6. The van der Waals surface area contributed by atoms with Crippen LogP contribution in [0.25, 0.3) is 10.4 Å². The molecule has 5 N–H and O–H groups in total. The van der Waals surface area contributed by atoms with Crippen LogP contribution in [0, 0.1) is 19.3 Å². The molecule has 0 bridgehead atoms. The molecule has 4 heterocycles. The Labute approximate surface area is 455 Å². The van der Waals surface area contributed by atoms with Crippen molar-refractivity contribution >= 4 is 79.5 Å². The van der Waals surface area contributed by atoms with Gasteiger partial charge in [0, 0.05) is 38.9 Å². The van der Waals surface area contributed by atoms with Crippen LogP contribution in [0.5, 0.6) is 5.75 Å². The number of para-hydroxylation sites is 1. The highest BCUT2D eigenvalue weighted by Crippen LogP contribution is 2.39. The predicted molar refractivity (Wildman–Crippen MR) is 298 cm³/mol. The number of aliphatic hydroxyl groups is 1. The van der Waals surface area contributed by atoms with Gasteiger partial charge < -0.3 is 40.9 Å². The first-order chi connectivity index (χ1) is 35.9. The van der Waals surface area contributed by atoms with E-state index in [0.717, 1.165) is 45.7 Å². The maximum Gasteiger partial charge on any atom is 0.246 e. The van der Waals surface area contributed by atoms with Crippen molar-refractivity contribution in [1.29, 1.82) is 0 Å². The third-order valence-corrected chi connectivity index (χ3v) is 17.4. The number of aryl methyl sites for hydroxylation is 2. The van der Waals surface area contributed by atoms with Gasteiger partial charge in [0.1, 0.15) is 22.9 Å². The number of carbonyl (C=O) groups excluding carboxylic acids is 4. The van der Waals surface area contributed by atoms with Crippen molar-refractivity contribution in [2.45, 2.75) is 154 Å². The molecule has 7 rings (SSSR count). The van der Waals surface area contributed by atoms with Crippen molar-refractivity contribution in [2.75, 3.05) is 30.3 Å². The van der Waals surface area contributed by atoms with Gasteiger partial charge in [-0.2, -0.15) is 4.98 Å². The molecule has 2 aromatic heterocycles. The molecule has 4 amide bonds. The number of likely N-dealkylation sites (tertiary alicyclic amines) is 2. The van der Waals surface area contributed by atoms with Crippen molar-refractivity contribution in [3.63, 3.8) is 0 Å². The minimum atomic E-state index is -3.61. The van der Waals surface area contributed by atoms with Crippen LogP contribution in [-0.4, -0.2) is 111 Å². The number of benzene rings is 3. The highest BCUT2D eigenvalue weighted by molar-refractivity contribution is 7.92. The maximum atomic E-state index is 14.3. The lowest BCUT2D eigenvalue weighted by atomic mass is 9.85. The van der Waals surface area contributed by atoms with Gasteiger partial charge in [0.15, 0.2) is 15.7 Å². The second-order valence-corrected chi connectivity index (χ2v) is 25.2. The van der Waals surface area contributed by atoms with Gasteiger partial charge in [-0.25, -0.2) is 18.4 Å². The number of thiazole rings is 1. The Morgan fingerprint density at radius 3 is 2.25 bits per heavy atom. The molecule has 0 aliphatic carbocycles. The lowest BCUT2D eigenvalue weighted by Gasteiger charge is -2.35. The normalized spacial score (nSPS) is 17.1. The molecular formula is C56H72ClN9O8S2. The smallest absolute Gasteiger partial charge is 0.246 e. The van der Waals surface area contributed by atoms with Gasteiger partial charge in [0.25, 0.3) is 0 Å². The SMILES string of the molecule is Cc1cc(Nc2ncc(Cl)c(Nc3ccccc3S(=O)(=O)C(C)C)n2)c(OC(C)C)cc1C1CCN(C(=O)CCCC(=O)NC(C(=O)N2CC(O)CC2C(=O)NC(C)c2ccc(-c3scnc3C)cc2)C(C)(C)C)CC1. The first-order valence-electron chi connectivity index (χ1n) is 26.0. The number of hydrogen-bond donors (Lipinski definition) is 5. The number of aliphatic hydroxyl groups excluding tert-OH is 1. The van der Waals surface area contributed by atoms with Gasteiger partial charge in [0.05, 0.1) is 62.0 Å². The average molecular weight is 1100 g/mol. The van der Waals surface area contributed by atoms with E-state index in [-0.39, 0.29) is 89.7 Å². The monoisotopic (exact) mass is 1100 g/mol. The number of hydrogen-bond acceptors (Lipinski definition) is 14. The van der Waals surface area contributed by atoms with E-state index in [1.54, 1.807) is 49.4 Å². The molecule has 2 aliphatic heterocycles. The summed E-state index contributed by atoms with van der Waals surface area (Å²) < 4.78 is 32.6. The number of nitrogens with zero attached hydrogens (tertiary/aromatic N) is 5. The summed E-state index contributed by atoms with van der Waals surface area (Å²) in [4.78, 5) is 72.9. The second-order valence-electron chi connectivity index (χ2n) is 21.5. The van der Waals surface area contributed by atoms with Gasteiger partial charge in [-0.3, -0.25) is 19.2 Å². The van der Waals surface area contributed by atoms with Crippen LogP contribution in [0.15, 0.2) is 77.3 Å². The molecule has 0 spiro atoms. The minimum Gasteiger partial charge on any atom is -0.489 e. The Morgan fingerprint density at radius 2 is 1.61 bits per heavy atom. The van der Waals surface area contributed by atoms with Crippen LogP contribution < -0.4 is 26.0 Å². The number of nitrogens with one attached hydrogen (secondary N) is 4. The van der Waals surface area contributed by atoms with Crippen LogP contribution in [0.4, 0.5) is 23.1 Å². The molecule has 5 aromatic rings. The molecule has 4 atom stereocenters. The molecule has 4 unspecified atom stereocenters.